The van der Waals surface area contributed by atoms with Crippen molar-refractivity contribution in [3.05, 3.63) is 0 Å². The van der Waals surface area contributed by atoms with Crippen LogP contribution in [0, 0.1) is 11.3 Å². The van der Waals surface area contributed by atoms with Gasteiger partial charge in [-0.25, -0.2) is 0 Å². The molecule has 2 aliphatic rings. The fourth-order valence-corrected chi connectivity index (χ4v) is 2.13. The lowest BCUT2D eigenvalue weighted by Crippen LogP contribution is -2.21. The number of ketones is 1. The molecule has 2 saturated carbocycles. The van der Waals surface area contributed by atoms with Crippen molar-refractivity contribution in [1.82, 2.24) is 0 Å². The summed E-state index contributed by atoms with van der Waals surface area (Å²) in [6, 6.07) is 0. The third-order valence-corrected chi connectivity index (χ3v) is 3.10. The van der Waals surface area contributed by atoms with Gasteiger partial charge in [-0.05, 0) is 31.6 Å². The molecule has 0 bridgehead atoms. The van der Waals surface area contributed by atoms with Crippen LogP contribution in [0.5, 0.6) is 0 Å². The molecule has 0 N–H and O–H groups in total. The summed E-state index contributed by atoms with van der Waals surface area (Å²) in [6.45, 7) is 2.14. The molecular weight excluding hydrogens is 168 g/mol. The highest BCUT2D eigenvalue weighted by Gasteiger charge is 2.54. The van der Waals surface area contributed by atoms with Crippen molar-refractivity contribution in [1.29, 1.82) is 0 Å². The molecule has 0 aromatic carbocycles. The van der Waals surface area contributed by atoms with E-state index in [9.17, 15) is 9.59 Å². The van der Waals surface area contributed by atoms with E-state index < -0.39 is 5.92 Å². The lowest BCUT2D eigenvalue weighted by atomic mass is 10.0. The van der Waals surface area contributed by atoms with E-state index in [0.717, 1.165) is 19.3 Å². The van der Waals surface area contributed by atoms with E-state index in [1.54, 1.807) is 6.92 Å². The molecule has 0 aromatic rings. The van der Waals surface area contributed by atoms with Crippen LogP contribution in [0.25, 0.3) is 0 Å². The summed E-state index contributed by atoms with van der Waals surface area (Å²) in [5.41, 5.74) is 0.217. The first-order valence-corrected chi connectivity index (χ1v) is 4.86. The lowest BCUT2D eigenvalue weighted by Gasteiger charge is -2.07. The van der Waals surface area contributed by atoms with Crippen LogP contribution in [0.3, 0.4) is 0 Å². The predicted octanol–water partition coefficient (Wildman–Crippen LogP) is 1.31. The fraction of sp³-hybridized carbons (Fsp3) is 0.800. The molecule has 72 valence electrons. The molecule has 2 aliphatic carbocycles. The third-order valence-electron chi connectivity index (χ3n) is 3.10. The molecular formula is C10H14O3. The number of rotatable bonds is 2. The quantitative estimate of drug-likeness (QED) is 0.477. The van der Waals surface area contributed by atoms with Gasteiger partial charge in [0.15, 0.2) is 0 Å². The first kappa shape index (κ1) is 8.73. The monoisotopic (exact) mass is 182 g/mol. The highest BCUT2D eigenvalue weighted by molar-refractivity contribution is 6.01. The Morgan fingerprint density at radius 1 is 1.62 bits per heavy atom. The topological polar surface area (TPSA) is 43.4 Å². The number of carbonyl (C=O) groups excluding carboxylic acids is 2. The highest BCUT2D eigenvalue weighted by Crippen LogP contribution is 2.58. The summed E-state index contributed by atoms with van der Waals surface area (Å²) in [5.74, 6) is -0.658. The van der Waals surface area contributed by atoms with Gasteiger partial charge in [-0.1, -0.05) is 0 Å². The van der Waals surface area contributed by atoms with E-state index in [4.69, 9.17) is 4.74 Å². The highest BCUT2D eigenvalue weighted by atomic mass is 16.5. The SMILES string of the molecule is CCOC(=O)[C@@H]1CC2(CC2)CC1=O. The van der Waals surface area contributed by atoms with Crippen molar-refractivity contribution < 1.29 is 14.3 Å². The standard InChI is InChI=1S/C10H14O3/c1-2-13-9(12)7-5-10(3-4-10)6-8(7)11/h7H,2-6H2,1H3/t7-/m1/s1. The molecule has 0 aliphatic heterocycles. The van der Waals surface area contributed by atoms with E-state index in [1.807, 2.05) is 0 Å². The molecule has 1 spiro atoms. The van der Waals surface area contributed by atoms with Gasteiger partial charge < -0.3 is 4.74 Å². The van der Waals surface area contributed by atoms with E-state index in [1.165, 1.54) is 0 Å². The minimum absolute atomic E-state index is 0.0935. The second-order valence-electron chi connectivity index (χ2n) is 4.15. The second kappa shape index (κ2) is 2.82. The van der Waals surface area contributed by atoms with Gasteiger partial charge in [0.1, 0.15) is 11.7 Å². The Morgan fingerprint density at radius 2 is 2.31 bits per heavy atom. The van der Waals surface area contributed by atoms with Gasteiger partial charge >= 0.3 is 5.97 Å². The Morgan fingerprint density at radius 3 is 2.77 bits per heavy atom. The van der Waals surface area contributed by atoms with Crippen molar-refractivity contribution in [2.75, 3.05) is 6.61 Å². The van der Waals surface area contributed by atoms with Crippen molar-refractivity contribution in [3.8, 4) is 0 Å². The first-order chi connectivity index (χ1) is 6.17. The largest absolute Gasteiger partial charge is 0.465 e. The predicted molar refractivity (Wildman–Crippen MR) is 46.0 cm³/mol. The van der Waals surface area contributed by atoms with Crippen LogP contribution >= 0.6 is 0 Å². The summed E-state index contributed by atoms with van der Waals surface area (Å²) in [4.78, 5) is 22.8. The average molecular weight is 182 g/mol. The summed E-state index contributed by atoms with van der Waals surface area (Å²) in [5, 5.41) is 0. The minimum Gasteiger partial charge on any atom is -0.465 e. The number of hydrogen-bond donors (Lipinski definition) is 0. The van der Waals surface area contributed by atoms with Gasteiger partial charge in [0, 0.05) is 6.42 Å². The Kier molecular flexibility index (Phi) is 1.90. The van der Waals surface area contributed by atoms with Gasteiger partial charge in [0.25, 0.3) is 0 Å². The maximum absolute atomic E-state index is 11.4. The van der Waals surface area contributed by atoms with Crippen molar-refractivity contribution in [2.45, 2.75) is 32.6 Å². The van der Waals surface area contributed by atoms with Crippen molar-refractivity contribution in [3.63, 3.8) is 0 Å². The van der Waals surface area contributed by atoms with Gasteiger partial charge in [-0.2, -0.15) is 0 Å². The summed E-state index contributed by atoms with van der Waals surface area (Å²) in [6.07, 6.45) is 3.59. The maximum atomic E-state index is 11.4. The Hall–Kier alpha value is -0.860. The van der Waals surface area contributed by atoms with E-state index in [0.29, 0.717) is 13.0 Å². The Labute approximate surface area is 77.4 Å². The van der Waals surface area contributed by atoms with Gasteiger partial charge in [-0.15, -0.1) is 0 Å². The molecule has 0 radical (unpaired) electrons. The molecule has 0 amide bonds. The van der Waals surface area contributed by atoms with Crippen LogP contribution in [0.4, 0.5) is 0 Å². The summed E-state index contributed by atoms with van der Waals surface area (Å²) < 4.78 is 4.86. The second-order valence-corrected chi connectivity index (χ2v) is 4.15. The first-order valence-electron chi connectivity index (χ1n) is 4.86. The number of Topliss-reactive ketones (excluding diaryl/α,β-unsaturated/α-hetero) is 1. The normalized spacial score (nSPS) is 29.3. The lowest BCUT2D eigenvalue weighted by molar-refractivity contribution is -0.150. The molecule has 3 nitrogen and oxygen atoms in total. The van der Waals surface area contributed by atoms with Crippen molar-refractivity contribution in [2.24, 2.45) is 11.3 Å². The van der Waals surface area contributed by atoms with Crippen LogP contribution in [-0.4, -0.2) is 18.4 Å². The maximum Gasteiger partial charge on any atom is 0.316 e. The zero-order chi connectivity index (χ0) is 9.47. The van der Waals surface area contributed by atoms with Crippen LogP contribution in [0.15, 0.2) is 0 Å². The molecule has 2 rings (SSSR count). The van der Waals surface area contributed by atoms with Crippen LogP contribution in [0.2, 0.25) is 0 Å². The Bertz CT molecular complexity index is 253. The van der Waals surface area contributed by atoms with Gasteiger partial charge in [-0.3, -0.25) is 9.59 Å². The molecule has 0 unspecified atom stereocenters. The minimum atomic E-state index is -0.442. The molecule has 1 atom stereocenters. The number of ether oxygens (including phenoxy) is 1. The van der Waals surface area contributed by atoms with Crippen LogP contribution in [-0.2, 0) is 14.3 Å². The third kappa shape index (κ3) is 1.47. The zero-order valence-corrected chi connectivity index (χ0v) is 7.84. The molecule has 0 aromatic heterocycles. The molecule has 2 fully saturated rings. The summed E-state index contributed by atoms with van der Waals surface area (Å²) in [7, 11) is 0. The smallest absolute Gasteiger partial charge is 0.316 e. The molecule has 0 saturated heterocycles. The van der Waals surface area contributed by atoms with E-state index in [2.05, 4.69) is 0 Å². The van der Waals surface area contributed by atoms with Gasteiger partial charge in [0.05, 0.1) is 6.61 Å². The number of hydrogen-bond acceptors (Lipinski definition) is 3. The summed E-state index contributed by atoms with van der Waals surface area (Å²) >= 11 is 0. The average Bonchev–Trinajstić information content (AvgIpc) is 2.72. The van der Waals surface area contributed by atoms with Crippen LogP contribution in [0.1, 0.15) is 32.6 Å². The molecule has 13 heavy (non-hydrogen) atoms. The number of carbonyl (C=O) groups is 2. The fourth-order valence-electron chi connectivity index (χ4n) is 2.13. The Balaban J connectivity index is 2.00. The van der Waals surface area contributed by atoms with Crippen LogP contribution < -0.4 is 0 Å². The number of esters is 1. The van der Waals surface area contributed by atoms with Crippen molar-refractivity contribution >= 4 is 11.8 Å². The zero-order valence-electron chi connectivity index (χ0n) is 7.84. The van der Waals surface area contributed by atoms with E-state index in [-0.39, 0.29) is 17.2 Å². The van der Waals surface area contributed by atoms with Gasteiger partial charge in [0.2, 0.25) is 0 Å². The molecule has 0 heterocycles. The van der Waals surface area contributed by atoms with E-state index >= 15 is 0 Å². The molecule has 3 heteroatoms.